The number of para-hydroxylation sites is 2. The summed E-state index contributed by atoms with van der Waals surface area (Å²) in [6.45, 7) is 7.36. The van der Waals surface area contributed by atoms with Crippen molar-refractivity contribution in [3.05, 3.63) is 36.0 Å². The maximum absolute atomic E-state index is 10.3. The minimum absolute atomic E-state index is 0.178. The average molecular weight is 364 g/mol. The Morgan fingerprint density at radius 1 is 1.15 bits per heavy atom. The summed E-state index contributed by atoms with van der Waals surface area (Å²) in [6.07, 6.45) is -0.505. The molecule has 0 spiro atoms. The fourth-order valence-electron chi connectivity index (χ4n) is 3.04. The second kappa shape index (κ2) is 8.98. The molecule has 0 radical (unpaired) electrons. The molecular weight excluding hydrogens is 336 g/mol. The van der Waals surface area contributed by atoms with E-state index in [9.17, 15) is 5.11 Å². The van der Waals surface area contributed by atoms with Crippen LogP contribution in [0.2, 0.25) is 0 Å². The van der Waals surface area contributed by atoms with E-state index in [1.807, 2.05) is 24.3 Å². The lowest BCUT2D eigenvalue weighted by Gasteiger charge is -2.28. The van der Waals surface area contributed by atoms with Gasteiger partial charge < -0.3 is 28.9 Å². The lowest BCUT2D eigenvalue weighted by molar-refractivity contribution is -1.00. The number of aryl methyl sites for hydroxylation is 1. The van der Waals surface area contributed by atoms with E-state index in [4.69, 9.17) is 14.0 Å². The first-order valence-corrected chi connectivity index (χ1v) is 9.07. The first kappa shape index (κ1) is 18.6. The zero-order chi connectivity index (χ0) is 18.4. The Hall–Kier alpha value is -2.16. The molecule has 1 saturated heterocycles. The van der Waals surface area contributed by atoms with Gasteiger partial charge in [0.15, 0.2) is 23.9 Å². The molecule has 142 valence electrons. The van der Waals surface area contributed by atoms with Crippen LogP contribution in [0.15, 0.2) is 28.8 Å². The summed E-state index contributed by atoms with van der Waals surface area (Å²) in [6, 6.07) is 7.39. The summed E-state index contributed by atoms with van der Waals surface area (Å²) in [5.41, 5.74) is 0. The monoisotopic (exact) mass is 364 g/mol. The molecule has 8 heteroatoms. The van der Waals surface area contributed by atoms with Crippen molar-refractivity contribution in [3.8, 4) is 11.5 Å². The van der Waals surface area contributed by atoms with E-state index >= 15 is 0 Å². The molecule has 0 bridgehead atoms. The summed E-state index contributed by atoms with van der Waals surface area (Å²) < 4.78 is 16.6. The highest BCUT2D eigenvalue weighted by Crippen LogP contribution is 2.27. The van der Waals surface area contributed by atoms with Gasteiger partial charge in [0.2, 0.25) is 0 Å². The van der Waals surface area contributed by atoms with Crippen LogP contribution < -0.4 is 19.3 Å². The number of piperazine rings is 1. The normalized spacial score (nSPS) is 21.3. The number of rotatable bonds is 8. The van der Waals surface area contributed by atoms with Gasteiger partial charge in [-0.05, 0) is 19.1 Å². The van der Waals surface area contributed by atoms with Crippen LogP contribution in [0.3, 0.4) is 0 Å². The maximum atomic E-state index is 10.3. The number of aliphatic hydroxyl groups excluding tert-OH is 1. The van der Waals surface area contributed by atoms with Crippen LogP contribution in [0, 0.1) is 6.92 Å². The highest BCUT2D eigenvalue weighted by molar-refractivity contribution is 5.39. The fraction of sp³-hybridized carbons (Fsp3) is 0.556. The number of aliphatic hydroxyl groups is 1. The summed E-state index contributed by atoms with van der Waals surface area (Å²) in [5, 5.41) is 14.0. The molecule has 1 aliphatic rings. The summed E-state index contributed by atoms with van der Waals surface area (Å²) >= 11 is 0. The van der Waals surface area contributed by atoms with Crippen LogP contribution in [0.5, 0.6) is 11.5 Å². The number of likely N-dealkylation sites (N-methyl/N-ethyl adjacent to an activating group) is 1. The van der Waals surface area contributed by atoms with Crippen molar-refractivity contribution in [1.29, 1.82) is 0 Å². The Morgan fingerprint density at radius 2 is 1.85 bits per heavy atom. The fourth-order valence-corrected chi connectivity index (χ4v) is 3.04. The number of quaternary nitrogens is 2. The Balaban J connectivity index is 1.48. The Bertz CT molecular complexity index is 685. The second-order valence-corrected chi connectivity index (χ2v) is 6.85. The molecule has 0 saturated carbocycles. The van der Waals surface area contributed by atoms with Crippen LogP contribution in [-0.4, -0.2) is 67.7 Å². The van der Waals surface area contributed by atoms with Crippen molar-refractivity contribution in [2.45, 2.75) is 19.6 Å². The van der Waals surface area contributed by atoms with Gasteiger partial charge in [-0.25, -0.2) is 0 Å². The van der Waals surface area contributed by atoms with Crippen molar-refractivity contribution in [2.24, 2.45) is 0 Å². The first-order valence-electron chi connectivity index (χ1n) is 9.07. The topological polar surface area (TPSA) is 86.5 Å². The van der Waals surface area contributed by atoms with Crippen molar-refractivity contribution >= 4 is 0 Å². The summed E-state index contributed by atoms with van der Waals surface area (Å²) in [7, 11) is 2.21. The van der Waals surface area contributed by atoms with Gasteiger partial charge in [0.25, 0.3) is 5.89 Å². The Morgan fingerprint density at radius 3 is 2.50 bits per heavy atom. The van der Waals surface area contributed by atoms with Gasteiger partial charge in [0, 0.05) is 0 Å². The molecule has 3 rings (SSSR count). The molecule has 2 heterocycles. The molecule has 3 N–H and O–H groups in total. The molecule has 8 nitrogen and oxygen atoms in total. The van der Waals surface area contributed by atoms with Crippen molar-refractivity contribution < 1.29 is 28.9 Å². The molecule has 1 aromatic carbocycles. The number of hydrogen-bond donors (Lipinski definition) is 3. The van der Waals surface area contributed by atoms with E-state index in [-0.39, 0.29) is 13.2 Å². The van der Waals surface area contributed by atoms with Crippen LogP contribution in [0.1, 0.15) is 11.7 Å². The summed E-state index contributed by atoms with van der Waals surface area (Å²) in [4.78, 5) is 7.10. The molecule has 1 atom stereocenters. The third-order valence-electron chi connectivity index (χ3n) is 4.54. The zero-order valence-corrected chi connectivity index (χ0v) is 15.4. The van der Waals surface area contributed by atoms with Gasteiger partial charge >= 0.3 is 0 Å². The van der Waals surface area contributed by atoms with E-state index in [1.165, 1.54) is 4.90 Å². The van der Waals surface area contributed by atoms with Crippen LogP contribution >= 0.6 is 0 Å². The number of ether oxygens (including phenoxy) is 2. The number of aromatic nitrogens is 2. The standard InChI is InChI=1S/C18H26N4O4/c1-14-19-18(26-20-14)13-25-17-6-4-3-5-16(17)24-12-15(23)11-22-9-7-21(2)8-10-22/h3-6,15,23H,7-13H2,1-2H3/p+2/t15-/m0/s1. The van der Waals surface area contributed by atoms with E-state index in [0.29, 0.717) is 29.8 Å². The zero-order valence-electron chi connectivity index (χ0n) is 15.4. The lowest BCUT2D eigenvalue weighted by atomic mass is 10.2. The average Bonchev–Trinajstić information content (AvgIpc) is 3.06. The van der Waals surface area contributed by atoms with Gasteiger partial charge in [-0.3, -0.25) is 0 Å². The van der Waals surface area contributed by atoms with Gasteiger partial charge in [-0.2, -0.15) is 4.98 Å². The van der Waals surface area contributed by atoms with Crippen LogP contribution in [-0.2, 0) is 6.61 Å². The van der Waals surface area contributed by atoms with Gasteiger partial charge in [-0.1, -0.05) is 17.3 Å². The number of nitrogens with zero attached hydrogens (tertiary/aromatic N) is 2. The molecule has 0 unspecified atom stereocenters. The highest BCUT2D eigenvalue weighted by atomic mass is 16.5. The van der Waals surface area contributed by atoms with Gasteiger partial charge in [0.05, 0.1) is 7.05 Å². The maximum Gasteiger partial charge on any atom is 0.264 e. The molecule has 26 heavy (non-hydrogen) atoms. The van der Waals surface area contributed by atoms with Crippen molar-refractivity contribution in [1.82, 2.24) is 10.1 Å². The quantitative estimate of drug-likeness (QED) is 0.508. The largest absolute Gasteiger partial charge is 0.487 e. The number of benzene rings is 1. The van der Waals surface area contributed by atoms with Crippen molar-refractivity contribution in [3.63, 3.8) is 0 Å². The molecule has 0 aliphatic carbocycles. The third kappa shape index (κ3) is 5.42. The predicted octanol–water partition coefficient (Wildman–Crippen LogP) is -1.89. The first-order chi connectivity index (χ1) is 12.6. The van der Waals surface area contributed by atoms with Crippen LogP contribution in [0.25, 0.3) is 0 Å². The number of hydrogen-bond acceptors (Lipinski definition) is 6. The van der Waals surface area contributed by atoms with Gasteiger partial charge in [-0.15, -0.1) is 0 Å². The molecule has 1 aromatic heterocycles. The molecule has 2 aromatic rings. The van der Waals surface area contributed by atoms with Crippen LogP contribution in [0.4, 0.5) is 0 Å². The number of nitrogens with one attached hydrogen (secondary N) is 2. The molecule has 1 aliphatic heterocycles. The second-order valence-electron chi connectivity index (χ2n) is 6.85. The third-order valence-corrected chi connectivity index (χ3v) is 4.54. The molecule has 0 amide bonds. The lowest BCUT2D eigenvalue weighted by Crippen LogP contribution is -3.27. The molecule has 1 fully saturated rings. The predicted molar refractivity (Wildman–Crippen MR) is 93.5 cm³/mol. The van der Waals surface area contributed by atoms with E-state index < -0.39 is 6.10 Å². The Kier molecular flexibility index (Phi) is 6.43. The van der Waals surface area contributed by atoms with Gasteiger partial charge in [0.1, 0.15) is 45.4 Å². The highest BCUT2D eigenvalue weighted by Gasteiger charge is 2.23. The Labute approximate surface area is 153 Å². The van der Waals surface area contributed by atoms with E-state index in [0.717, 1.165) is 26.2 Å². The minimum Gasteiger partial charge on any atom is -0.487 e. The summed E-state index contributed by atoms with van der Waals surface area (Å²) in [5.74, 6) is 2.18. The van der Waals surface area contributed by atoms with E-state index in [1.54, 1.807) is 11.8 Å². The molecular formula is C18H28N4O4+2. The van der Waals surface area contributed by atoms with Crippen molar-refractivity contribution in [2.75, 3.05) is 46.4 Å². The smallest absolute Gasteiger partial charge is 0.264 e. The minimum atomic E-state index is -0.505. The van der Waals surface area contributed by atoms with E-state index in [2.05, 4.69) is 17.2 Å². The SMILES string of the molecule is Cc1noc(COc2ccccc2OC[C@@H](O)C[NH+]2CC[NH+](C)CC2)n1.